The van der Waals surface area contributed by atoms with Crippen molar-refractivity contribution >= 4 is 0 Å². The molecule has 0 spiro atoms. The first-order valence-electron chi connectivity index (χ1n) is 9.35. The Morgan fingerprint density at radius 1 is 1.00 bits per heavy atom. The number of hydrogen-bond acceptors (Lipinski definition) is 2. The van der Waals surface area contributed by atoms with Crippen molar-refractivity contribution in [3.05, 3.63) is 0 Å². The fourth-order valence-electron chi connectivity index (χ4n) is 4.41. The molecule has 1 atom stereocenters. The van der Waals surface area contributed by atoms with Crippen molar-refractivity contribution in [2.24, 2.45) is 23.2 Å². The van der Waals surface area contributed by atoms with Crippen LogP contribution < -0.4 is 0 Å². The normalized spacial score (nSPS) is 29.1. The van der Waals surface area contributed by atoms with Crippen molar-refractivity contribution in [1.82, 2.24) is 9.80 Å². The summed E-state index contributed by atoms with van der Waals surface area (Å²) in [6.07, 6.45) is 5.65. The Morgan fingerprint density at radius 3 is 2.14 bits per heavy atom. The van der Waals surface area contributed by atoms with Gasteiger partial charge in [-0.25, -0.2) is 0 Å². The molecule has 0 aromatic heterocycles. The van der Waals surface area contributed by atoms with Crippen molar-refractivity contribution in [2.45, 2.75) is 60.3 Å². The van der Waals surface area contributed by atoms with Gasteiger partial charge in [0.2, 0.25) is 0 Å². The molecule has 124 valence electrons. The first-order valence-corrected chi connectivity index (χ1v) is 9.35. The average Bonchev–Trinajstić information content (AvgIpc) is 2.41. The molecular formula is C19H38N2. The van der Waals surface area contributed by atoms with Crippen molar-refractivity contribution in [2.75, 3.05) is 39.3 Å². The molecule has 0 N–H and O–H groups in total. The molecule has 21 heavy (non-hydrogen) atoms. The van der Waals surface area contributed by atoms with Crippen LogP contribution in [0.25, 0.3) is 0 Å². The zero-order valence-electron chi connectivity index (χ0n) is 15.2. The molecule has 0 aliphatic carbocycles. The van der Waals surface area contributed by atoms with Gasteiger partial charge in [-0.1, -0.05) is 41.0 Å². The molecule has 0 radical (unpaired) electrons. The Balaban J connectivity index is 1.81. The molecule has 0 aromatic rings. The van der Waals surface area contributed by atoms with Gasteiger partial charge in [-0.15, -0.1) is 0 Å². The molecule has 0 bridgehead atoms. The maximum atomic E-state index is 2.76. The molecule has 2 heteroatoms. The highest BCUT2D eigenvalue weighted by Gasteiger charge is 2.37. The summed E-state index contributed by atoms with van der Waals surface area (Å²) < 4.78 is 0. The maximum absolute atomic E-state index is 2.76. The molecule has 2 aliphatic rings. The molecule has 2 aliphatic heterocycles. The summed E-state index contributed by atoms with van der Waals surface area (Å²) in [5.74, 6) is 2.69. The highest BCUT2D eigenvalue weighted by molar-refractivity contribution is 4.89. The highest BCUT2D eigenvalue weighted by atomic mass is 15.2. The van der Waals surface area contributed by atoms with Crippen LogP contribution in [-0.2, 0) is 0 Å². The van der Waals surface area contributed by atoms with E-state index in [1.807, 2.05) is 0 Å². The summed E-state index contributed by atoms with van der Waals surface area (Å²) in [5, 5.41) is 0. The second kappa shape index (κ2) is 7.46. The minimum absolute atomic E-state index is 0.481. The van der Waals surface area contributed by atoms with Crippen LogP contribution in [0.5, 0.6) is 0 Å². The largest absolute Gasteiger partial charge is 0.303 e. The molecule has 0 amide bonds. The van der Waals surface area contributed by atoms with Crippen LogP contribution in [0.1, 0.15) is 60.3 Å². The van der Waals surface area contributed by atoms with E-state index in [9.17, 15) is 0 Å². The van der Waals surface area contributed by atoms with E-state index >= 15 is 0 Å². The predicted octanol–water partition coefficient (Wildman–Crippen LogP) is 4.11. The van der Waals surface area contributed by atoms with Crippen LogP contribution in [0.15, 0.2) is 0 Å². The number of nitrogens with zero attached hydrogens (tertiary/aromatic N) is 2. The van der Waals surface area contributed by atoms with Crippen molar-refractivity contribution < 1.29 is 0 Å². The minimum Gasteiger partial charge on any atom is -0.303 e. The Morgan fingerprint density at radius 2 is 1.62 bits per heavy atom. The first-order chi connectivity index (χ1) is 9.90. The van der Waals surface area contributed by atoms with Crippen molar-refractivity contribution in [1.29, 1.82) is 0 Å². The van der Waals surface area contributed by atoms with Crippen LogP contribution in [0, 0.1) is 23.2 Å². The smallest absolute Gasteiger partial charge is 0.00359 e. The van der Waals surface area contributed by atoms with Crippen LogP contribution >= 0.6 is 0 Å². The molecule has 2 heterocycles. The van der Waals surface area contributed by atoms with E-state index in [0.717, 1.165) is 17.8 Å². The third kappa shape index (κ3) is 4.96. The fraction of sp³-hybridized carbons (Fsp3) is 1.00. The summed E-state index contributed by atoms with van der Waals surface area (Å²) in [6.45, 7) is 20.0. The number of likely N-dealkylation sites (tertiary alicyclic amines) is 2. The number of piperidine rings is 2. The number of rotatable bonds is 5. The lowest BCUT2D eigenvalue weighted by molar-refractivity contribution is 0.0204. The third-order valence-electron chi connectivity index (χ3n) is 5.92. The van der Waals surface area contributed by atoms with Gasteiger partial charge in [-0.05, 0) is 62.1 Å². The SMILES string of the molecule is CCC1CCN(C[C@@H]2CCN(CC(C)C)CC2(C)C)CC1. The van der Waals surface area contributed by atoms with Gasteiger partial charge in [0.15, 0.2) is 0 Å². The molecule has 0 aromatic carbocycles. The zero-order valence-corrected chi connectivity index (χ0v) is 15.2. The maximum Gasteiger partial charge on any atom is 0.00359 e. The van der Waals surface area contributed by atoms with Gasteiger partial charge in [0.05, 0.1) is 0 Å². The Hall–Kier alpha value is -0.0800. The van der Waals surface area contributed by atoms with Gasteiger partial charge in [0, 0.05) is 19.6 Å². The quantitative estimate of drug-likeness (QED) is 0.753. The molecule has 0 unspecified atom stereocenters. The van der Waals surface area contributed by atoms with Crippen LogP contribution in [0.4, 0.5) is 0 Å². The lowest BCUT2D eigenvalue weighted by atomic mass is 9.73. The summed E-state index contributed by atoms with van der Waals surface area (Å²) in [6, 6.07) is 0. The lowest BCUT2D eigenvalue weighted by Crippen LogP contribution is -2.50. The van der Waals surface area contributed by atoms with Crippen LogP contribution in [0.2, 0.25) is 0 Å². The van der Waals surface area contributed by atoms with Gasteiger partial charge >= 0.3 is 0 Å². The molecule has 2 fully saturated rings. The summed E-state index contributed by atoms with van der Waals surface area (Å²) in [5.41, 5.74) is 0.481. The predicted molar refractivity (Wildman–Crippen MR) is 92.6 cm³/mol. The third-order valence-corrected chi connectivity index (χ3v) is 5.92. The van der Waals surface area contributed by atoms with E-state index in [1.165, 1.54) is 65.0 Å². The zero-order chi connectivity index (χ0) is 15.5. The lowest BCUT2D eigenvalue weighted by Gasteiger charge is -2.47. The van der Waals surface area contributed by atoms with E-state index < -0.39 is 0 Å². The molecule has 2 saturated heterocycles. The molecule has 2 rings (SSSR count). The standard InChI is InChI=1S/C19H38N2/c1-6-17-7-10-20(11-8-17)14-18-9-12-21(13-16(2)3)15-19(18,4)5/h16-18H,6-15H2,1-5H3/t18-/m0/s1. The Bertz CT molecular complexity index is 303. The van der Waals surface area contributed by atoms with E-state index in [2.05, 4.69) is 44.4 Å². The fourth-order valence-corrected chi connectivity index (χ4v) is 4.41. The van der Waals surface area contributed by atoms with Gasteiger partial charge in [-0.3, -0.25) is 0 Å². The summed E-state index contributed by atoms with van der Waals surface area (Å²) >= 11 is 0. The van der Waals surface area contributed by atoms with E-state index in [4.69, 9.17) is 0 Å². The topological polar surface area (TPSA) is 6.48 Å². The molecule has 2 nitrogen and oxygen atoms in total. The molecular weight excluding hydrogens is 256 g/mol. The first kappa shape index (κ1) is 17.3. The van der Waals surface area contributed by atoms with Crippen molar-refractivity contribution in [3.63, 3.8) is 0 Å². The monoisotopic (exact) mass is 294 g/mol. The summed E-state index contributed by atoms with van der Waals surface area (Å²) in [4.78, 5) is 5.46. The van der Waals surface area contributed by atoms with Crippen LogP contribution in [0.3, 0.4) is 0 Å². The minimum atomic E-state index is 0.481. The second-order valence-electron chi connectivity index (χ2n) is 8.76. The van der Waals surface area contributed by atoms with E-state index in [1.54, 1.807) is 0 Å². The highest BCUT2D eigenvalue weighted by Crippen LogP contribution is 2.36. The van der Waals surface area contributed by atoms with Gasteiger partial charge in [0.25, 0.3) is 0 Å². The Labute approximate surface area is 133 Å². The van der Waals surface area contributed by atoms with E-state index in [0.29, 0.717) is 5.41 Å². The second-order valence-corrected chi connectivity index (χ2v) is 8.76. The van der Waals surface area contributed by atoms with E-state index in [-0.39, 0.29) is 0 Å². The van der Waals surface area contributed by atoms with Crippen molar-refractivity contribution in [3.8, 4) is 0 Å². The number of hydrogen-bond donors (Lipinski definition) is 0. The van der Waals surface area contributed by atoms with Gasteiger partial charge in [-0.2, -0.15) is 0 Å². The van der Waals surface area contributed by atoms with Gasteiger partial charge < -0.3 is 9.80 Å². The summed E-state index contributed by atoms with van der Waals surface area (Å²) in [7, 11) is 0. The molecule has 0 saturated carbocycles. The van der Waals surface area contributed by atoms with Crippen LogP contribution in [-0.4, -0.2) is 49.1 Å². The van der Waals surface area contributed by atoms with Gasteiger partial charge in [0.1, 0.15) is 0 Å². The average molecular weight is 295 g/mol. The Kier molecular flexibility index (Phi) is 6.14.